The van der Waals surface area contributed by atoms with E-state index in [1.807, 2.05) is 47.8 Å². The molecule has 0 radical (unpaired) electrons. The quantitative estimate of drug-likeness (QED) is 0.471. The van der Waals surface area contributed by atoms with E-state index in [1.54, 1.807) is 18.2 Å². The largest absolute Gasteiger partial charge is 0.454 e. The van der Waals surface area contributed by atoms with Crippen molar-refractivity contribution in [2.45, 2.75) is 13.5 Å². The van der Waals surface area contributed by atoms with Gasteiger partial charge in [0.25, 0.3) is 0 Å². The number of hydrogen-bond donors (Lipinski definition) is 1. The molecule has 2 aromatic carbocycles. The number of benzene rings is 2. The molecule has 0 atom stereocenters. The van der Waals surface area contributed by atoms with E-state index < -0.39 is 5.97 Å². The number of amides is 1. The van der Waals surface area contributed by atoms with E-state index in [4.69, 9.17) is 16.3 Å². The maximum atomic E-state index is 12.4. The maximum Gasteiger partial charge on any atom is 0.355 e. The monoisotopic (exact) mass is 412 g/mol. The zero-order valence-electron chi connectivity index (χ0n) is 15.0. The van der Waals surface area contributed by atoms with Crippen LogP contribution in [0.4, 0.5) is 0 Å². The molecule has 3 rings (SSSR count). The normalized spacial score (nSPS) is 11.1. The molecule has 0 unspecified atom stereocenters. The van der Waals surface area contributed by atoms with Gasteiger partial charge in [0.2, 0.25) is 5.91 Å². The van der Waals surface area contributed by atoms with Crippen molar-refractivity contribution in [1.82, 2.24) is 10.3 Å². The predicted molar refractivity (Wildman–Crippen MR) is 111 cm³/mol. The summed E-state index contributed by atoms with van der Waals surface area (Å²) < 4.78 is 5.33. The second-order valence-corrected chi connectivity index (χ2v) is 7.17. The van der Waals surface area contributed by atoms with Crippen molar-refractivity contribution in [2.24, 2.45) is 0 Å². The van der Waals surface area contributed by atoms with Crippen LogP contribution in [0.15, 0.2) is 65.7 Å². The molecule has 0 aliphatic rings. The Morgan fingerprint density at radius 2 is 1.86 bits per heavy atom. The van der Waals surface area contributed by atoms with Crippen LogP contribution in [-0.2, 0) is 20.9 Å². The molecule has 5 nitrogen and oxygen atoms in total. The van der Waals surface area contributed by atoms with E-state index in [2.05, 4.69) is 10.3 Å². The third-order valence-electron chi connectivity index (χ3n) is 3.64. The fraction of sp³-hybridized carbons (Fsp3) is 0.0952. The molecule has 1 amide bonds. The SMILES string of the molecule is CC(=O)N/C(=C\c1ccccc1)C(=O)OCc1csc(-c2ccc(Cl)cc2)n1. The highest BCUT2D eigenvalue weighted by Crippen LogP contribution is 2.25. The van der Waals surface area contributed by atoms with Gasteiger partial charge in [0.15, 0.2) is 0 Å². The van der Waals surface area contributed by atoms with E-state index in [9.17, 15) is 9.59 Å². The average molecular weight is 413 g/mol. The van der Waals surface area contributed by atoms with Crippen LogP contribution in [-0.4, -0.2) is 16.9 Å². The maximum absolute atomic E-state index is 12.4. The summed E-state index contributed by atoms with van der Waals surface area (Å²) >= 11 is 7.35. The number of thiazole rings is 1. The molecule has 1 aromatic heterocycles. The van der Waals surface area contributed by atoms with Gasteiger partial charge in [0, 0.05) is 22.9 Å². The zero-order chi connectivity index (χ0) is 19.9. The first-order chi connectivity index (χ1) is 13.5. The first-order valence-corrected chi connectivity index (χ1v) is 9.69. The van der Waals surface area contributed by atoms with Crippen molar-refractivity contribution < 1.29 is 14.3 Å². The summed E-state index contributed by atoms with van der Waals surface area (Å²) in [5, 5.41) is 5.82. The van der Waals surface area contributed by atoms with Gasteiger partial charge in [-0.1, -0.05) is 54.1 Å². The lowest BCUT2D eigenvalue weighted by atomic mass is 10.2. The van der Waals surface area contributed by atoms with Crippen molar-refractivity contribution in [3.8, 4) is 10.6 Å². The van der Waals surface area contributed by atoms with Gasteiger partial charge in [-0.3, -0.25) is 4.79 Å². The molecule has 0 bridgehead atoms. The minimum absolute atomic E-state index is 0.00857. The van der Waals surface area contributed by atoms with Crippen LogP contribution in [0.5, 0.6) is 0 Å². The molecule has 0 spiro atoms. The van der Waals surface area contributed by atoms with Gasteiger partial charge in [-0.05, 0) is 23.8 Å². The molecular weight excluding hydrogens is 396 g/mol. The van der Waals surface area contributed by atoms with E-state index in [0.29, 0.717) is 10.7 Å². The summed E-state index contributed by atoms with van der Waals surface area (Å²) in [4.78, 5) is 28.3. The Morgan fingerprint density at radius 3 is 2.54 bits per heavy atom. The van der Waals surface area contributed by atoms with Gasteiger partial charge < -0.3 is 10.1 Å². The molecule has 0 aliphatic carbocycles. The smallest absolute Gasteiger partial charge is 0.355 e. The Bertz CT molecular complexity index is 998. The number of ether oxygens (including phenoxy) is 1. The number of nitrogens with zero attached hydrogens (tertiary/aromatic N) is 1. The number of hydrogen-bond acceptors (Lipinski definition) is 5. The van der Waals surface area contributed by atoms with Gasteiger partial charge in [0.05, 0.1) is 5.69 Å². The Balaban J connectivity index is 1.68. The molecule has 7 heteroatoms. The van der Waals surface area contributed by atoms with Gasteiger partial charge >= 0.3 is 5.97 Å². The third kappa shape index (κ3) is 5.52. The van der Waals surface area contributed by atoms with E-state index in [-0.39, 0.29) is 18.2 Å². The van der Waals surface area contributed by atoms with Gasteiger partial charge in [-0.25, -0.2) is 9.78 Å². The van der Waals surface area contributed by atoms with Crippen molar-refractivity contribution >= 4 is 40.9 Å². The lowest BCUT2D eigenvalue weighted by Crippen LogP contribution is -2.26. The Morgan fingerprint density at radius 1 is 1.14 bits per heavy atom. The molecule has 1 heterocycles. The number of aromatic nitrogens is 1. The van der Waals surface area contributed by atoms with Crippen LogP contribution in [0, 0.1) is 0 Å². The first-order valence-electron chi connectivity index (χ1n) is 8.43. The molecule has 0 saturated carbocycles. The van der Waals surface area contributed by atoms with Crippen LogP contribution >= 0.6 is 22.9 Å². The fourth-order valence-electron chi connectivity index (χ4n) is 2.37. The minimum Gasteiger partial charge on any atom is -0.454 e. The van der Waals surface area contributed by atoms with Crippen LogP contribution in [0.2, 0.25) is 5.02 Å². The summed E-state index contributed by atoms with van der Waals surface area (Å²) in [5.41, 5.74) is 2.42. The standard InChI is InChI=1S/C21H17ClN2O3S/c1-14(25)23-19(11-15-5-3-2-4-6-15)21(26)27-12-18-13-28-20(24-18)16-7-9-17(22)10-8-16/h2-11,13H,12H2,1H3,(H,23,25)/b19-11-. The van der Waals surface area contributed by atoms with Gasteiger partial charge in [0.1, 0.15) is 17.3 Å². The number of rotatable bonds is 6. The molecule has 0 aliphatic heterocycles. The highest BCUT2D eigenvalue weighted by molar-refractivity contribution is 7.13. The minimum atomic E-state index is -0.625. The van der Waals surface area contributed by atoms with E-state index >= 15 is 0 Å². The molecule has 28 heavy (non-hydrogen) atoms. The highest BCUT2D eigenvalue weighted by Gasteiger charge is 2.14. The highest BCUT2D eigenvalue weighted by atomic mass is 35.5. The zero-order valence-corrected chi connectivity index (χ0v) is 16.6. The fourth-order valence-corrected chi connectivity index (χ4v) is 3.30. The van der Waals surface area contributed by atoms with Crippen LogP contribution in [0.3, 0.4) is 0 Å². The third-order valence-corrected chi connectivity index (χ3v) is 4.83. The van der Waals surface area contributed by atoms with Crippen LogP contribution in [0.1, 0.15) is 18.2 Å². The van der Waals surface area contributed by atoms with Crippen molar-refractivity contribution in [1.29, 1.82) is 0 Å². The molecule has 142 valence electrons. The molecule has 0 saturated heterocycles. The Labute approximate surface area is 171 Å². The summed E-state index contributed by atoms with van der Waals surface area (Å²) in [7, 11) is 0. The van der Waals surface area contributed by atoms with Crippen molar-refractivity contribution in [3.05, 3.63) is 82.0 Å². The molecular formula is C21H17ClN2O3S. The average Bonchev–Trinajstić information content (AvgIpc) is 3.15. The first kappa shape index (κ1) is 19.8. The Kier molecular flexibility index (Phi) is 6.57. The van der Waals surface area contributed by atoms with Crippen LogP contribution in [0.25, 0.3) is 16.6 Å². The number of esters is 1. The summed E-state index contributed by atoms with van der Waals surface area (Å²) in [6, 6.07) is 16.6. The van der Waals surface area contributed by atoms with E-state index in [1.165, 1.54) is 18.3 Å². The number of carbonyl (C=O) groups excluding carboxylic acids is 2. The Hall–Kier alpha value is -2.96. The molecule has 0 fully saturated rings. The molecule has 1 N–H and O–H groups in total. The topological polar surface area (TPSA) is 68.3 Å². The van der Waals surface area contributed by atoms with Gasteiger partial charge in [-0.2, -0.15) is 0 Å². The van der Waals surface area contributed by atoms with E-state index in [0.717, 1.165) is 16.1 Å². The predicted octanol–water partition coefficient (Wildman–Crippen LogP) is 4.68. The number of nitrogens with one attached hydrogen (secondary N) is 1. The number of halogens is 1. The second kappa shape index (κ2) is 9.30. The lowest BCUT2D eigenvalue weighted by molar-refractivity contribution is -0.141. The summed E-state index contributed by atoms with van der Waals surface area (Å²) in [5.74, 6) is -0.974. The second-order valence-electron chi connectivity index (χ2n) is 5.88. The summed E-state index contributed by atoms with van der Waals surface area (Å²) in [6.45, 7) is 1.35. The van der Waals surface area contributed by atoms with Crippen molar-refractivity contribution in [3.63, 3.8) is 0 Å². The molecule has 3 aromatic rings. The number of carbonyl (C=O) groups is 2. The van der Waals surface area contributed by atoms with Crippen molar-refractivity contribution in [2.75, 3.05) is 0 Å². The van der Waals surface area contributed by atoms with Crippen LogP contribution < -0.4 is 5.32 Å². The lowest BCUT2D eigenvalue weighted by Gasteiger charge is -2.08. The van der Waals surface area contributed by atoms with Gasteiger partial charge in [-0.15, -0.1) is 11.3 Å². The summed E-state index contributed by atoms with van der Waals surface area (Å²) in [6.07, 6.45) is 1.57.